The van der Waals surface area contributed by atoms with Crippen LogP contribution in [0.4, 0.5) is 10.1 Å². The van der Waals surface area contributed by atoms with Crippen LogP contribution in [0.15, 0.2) is 16.6 Å². The fraction of sp³-hybridized carbons (Fsp3) is 0.579. The molecule has 3 aliphatic rings. The van der Waals surface area contributed by atoms with Crippen molar-refractivity contribution in [3.63, 3.8) is 0 Å². The van der Waals surface area contributed by atoms with Gasteiger partial charge >= 0.3 is 0 Å². The van der Waals surface area contributed by atoms with Crippen molar-refractivity contribution in [2.24, 2.45) is 11.8 Å². The van der Waals surface area contributed by atoms with Gasteiger partial charge in [-0.25, -0.2) is 4.39 Å². The summed E-state index contributed by atoms with van der Waals surface area (Å²) in [4.78, 5) is 28.9. The number of anilines is 1. The van der Waals surface area contributed by atoms with Gasteiger partial charge in [0.1, 0.15) is 5.82 Å². The number of benzene rings is 1. The Morgan fingerprint density at radius 2 is 1.84 bits per heavy atom. The van der Waals surface area contributed by atoms with Gasteiger partial charge < -0.3 is 9.80 Å². The second-order valence-corrected chi connectivity index (χ2v) is 8.30. The number of aryl methyl sites for hydroxylation is 1. The first kappa shape index (κ1) is 17.0. The van der Waals surface area contributed by atoms with E-state index in [4.69, 9.17) is 0 Å². The molecule has 0 bridgehead atoms. The van der Waals surface area contributed by atoms with E-state index < -0.39 is 0 Å². The van der Waals surface area contributed by atoms with Crippen LogP contribution in [0.1, 0.15) is 37.7 Å². The maximum absolute atomic E-state index is 14.5. The third kappa shape index (κ3) is 3.33. The molecule has 1 aliphatic carbocycles. The fourth-order valence-corrected chi connectivity index (χ4v) is 4.54. The normalized spacial score (nSPS) is 23.4. The topological polar surface area (TPSA) is 40.6 Å². The fourth-order valence-electron chi connectivity index (χ4n) is 4.06. The number of hydrogen-bond acceptors (Lipinski definition) is 2. The molecule has 1 saturated carbocycles. The largest absolute Gasteiger partial charge is 0.342 e. The van der Waals surface area contributed by atoms with Gasteiger partial charge in [0, 0.05) is 30.0 Å². The minimum absolute atomic E-state index is 0.0320. The van der Waals surface area contributed by atoms with Crippen molar-refractivity contribution in [1.29, 1.82) is 0 Å². The minimum atomic E-state index is -0.348. The number of fused-ring (bicyclic) bond motifs is 1. The van der Waals surface area contributed by atoms with Crippen molar-refractivity contribution in [3.05, 3.63) is 28.0 Å². The highest BCUT2D eigenvalue weighted by Crippen LogP contribution is 2.36. The Balaban J connectivity index is 1.54. The number of nitrogens with zero attached hydrogens (tertiary/aromatic N) is 2. The molecule has 1 aromatic rings. The molecule has 1 atom stereocenters. The molecule has 2 heterocycles. The van der Waals surface area contributed by atoms with Gasteiger partial charge in [0.25, 0.3) is 0 Å². The van der Waals surface area contributed by atoms with E-state index >= 15 is 0 Å². The van der Waals surface area contributed by atoms with E-state index in [1.165, 1.54) is 6.07 Å². The van der Waals surface area contributed by atoms with Gasteiger partial charge in [-0.05, 0) is 56.2 Å². The van der Waals surface area contributed by atoms with Crippen molar-refractivity contribution < 1.29 is 14.0 Å². The summed E-state index contributed by atoms with van der Waals surface area (Å²) in [5.41, 5.74) is 1.32. The first-order valence-electron chi connectivity index (χ1n) is 9.12. The number of hydrogen-bond donors (Lipinski definition) is 0. The molecule has 1 saturated heterocycles. The Morgan fingerprint density at radius 3 is 2.60 bits per heavy atom. The monoisotopic (exact) mass is 408 g/mol. The van der Waals surface area contributed by atoms with Gasteiger partial charge in [0.15, 0.2) is 0 Å². The van der Waals surface area contributed by atoms with E-state index in [0.717, 1.165) is 50.6 Å². The minimum Gasteiger partial charge on any atom is -0.342 e. The molecule has 0 N–H and O–H groups in total. The Bertz CT molecular complexity index is 720. The van der Waals surface area contributed by atoms with Crippen molar-refractivity contribution in [2.45, 2.75) is 38.5 Å². The van der Waals surface area contributed by atoms with E-state index in [-0.39, 0.29) is 29.5 Å². The highest BCUT2D eigenvalue weighted by molar-refractivity contribution is 9.10. The number of halogens is 2. The van der Waals surface area contributed by atoms with Crippen LogP contribution in [-0.4, -0.2) is 36.3 Å². The average molecular weight is 409 g/mol. The summed E-state index contributed by atoms with van der Waals surface area (Å²) in [6.07, 6.45) is 5.20. The van der Waals surface area contributed by atoms with E-state index in [2.05, 4.69) is 15.9 Å². The number of carbonyl (C=O) groups excluding carboxylic acids is 2. The first-order chi connectivity index (χ1) is 12.0. The molecule has 1 unspecified atom stereocenters. The molecule has 0 aromatic heterocycles. The van der Waals surface area contributed by atoms with Crippen LogP contribution in [0.3, 0.4) is 0 Å². The molecule has 0 spiro atoms. The standard InChI is InChI=1S/C19H22BrFN2O2/c20-15-9-13-3-2-8-23(17(13)16(21)10-15)19(25)14-4-1-7-22(11-14)18(24)12-5-6-12/h9-10,12,14H,1-8,11H2. The Hall–Kier alpha value is -1.43. The van der Waals surface area contributed by atoms with Crippen LogP contribution in [-0.2, 0) is 16.0 Å². The van der Waals surface area contributed by atoms with Crippen LogP contribution in [0, 0.1) is 17.7 Å². The summed E-state index contributed by atoms with van der Waals surface area (Å²) in [5.74, 6) is -0.217. The molecule has 2 fully saturated rings. The molecular weight excluding hydrogens is 387 g/mol. The van der Waals surface area contributed by atoms with Crippen LogP contribution < -0.4 is 4.90 Å². The van der Waals surface area contributed by atoms with Crippen LogP contribution in [0.5, 0.6) is 0 Å². The van der Waals surface area contributed by atoms with Gasteiger partial charge in [-0.2, -0.15) is 0 Å². The molecule has 25 heavy (non-hydrogen) atoms. The summed E-state index contributed by atoms with van der Waals surface area (Å²) < 4.78 is 15.2. The van der Waals surface area contributed by atoms with E-state index in [1.54, 1.807) is 4.90 Å². The zero-order valence-corrected chi connectivity index (χ0v) is 15.7. The predicted octanol–water partition coefficient (Wildman–Crippen LogP) is 3.52. The summed E-state index contributed by atoms with van der Waals surface area (Å²) >= 11 is 3.33. The number of piperidine rings is 1. The van der Waals surface area contributed by atoms with E-state index in [0.29, 0.717) is 23.2 Å². The summed E-state index contributed by atoms with van der Waals surface area (Å²) in [6, 6.07) is 3.33. The lowest BCUT2D eigenvalue weighted by Gasteiger charge is -2.37. The highest BCUT2D eigenvalue weighted by Gasteiger charge is 2.38. The van der Waals surface area contributed by atoms with Crippen LogP contribution in [0.2, 0.25) is 0 Å². The molecule has 6 heteroatoms. The van der Waals surface area contributed by atoms with Crippen molar-refractivity contribution >= 4 is 33.4 Å². The van der Waals surface area contributed by atoms with Crippen molar-refractivity contribution in [3.8, 4) is 0 Å². The molecule has 4 rings (SSSR count). The number of amides is 2. The summed E-state index contributed by atoms with van der Waals surface area (Å²) in [6.45, 7) is 1.78. The number of carbonyl (C=O) groups is 2. The molecule has 4 nitrogen and oxygen atoms in total. The van der Waals surface area contributed by atoms with Crippen molar-refractivity contribution in [2.75, 3.05) is 24.5 Å². The maximum atomic E-state index is 14.5. The van der Waals surface area contributed by atoms with Gasteiger partial charge in [-0.1, -0.05) is 15.9 Å². The lowest BCUT2D eigenvalue weighted by molar-refractivity contribution is -0.136. The lowest BCUT2D eigenvalue weighted by atomic mass is 9.93. The van der Waals surface area contributed by atoms with Crippen LogP contribution in [0.25, 0.3) is 0 Å². The zero-order valence-electron chi connectivity index (χ0n) is 14.1. The SMILES string of the molecule is O=C(C1CC1)N1CCCC(C(=O)N2CCCc3cc(Br)cc(F)c32)C1. The highest BCUT2D eigenvalue weighted by atomic mass is 79.9. The van der Waals surface area contributed by atoms with Gasteiger partial charge in [0.05, 0.1) is 11.6 Å². The molecule has 2 amide bonds. The summed E-state index contributed by atoms with van der Waals surface area (Å²) in [7, 11) is 0. The second-order valence-electron chi connectivity index (χ2n) is 7.39. The smallest absolute Gasteiger partial charge is 0.231 e. The predicted molar refractivity (Wildman–Crippen MR) is 96.8 cm³/mol. The Kier molecular flexibility index (Phi) is 4.56. The Labute approximate surface area is 155 Å². The second kappa shape index (κ2) is 6.71. The molecule has 134 valence electrons. The Morgan fingerprint density at radius 1 is 1.04 bits per heavy atom. The van der Waals surface area contributed by atoms with Gasteiger partial charge in [-0.15, -0.1) is 0 Å². The van der Waals surface area contributed by atoms with E-state index in [1.807, 2.05) is 11.0 Å². The van der Waals surface area contributed by atoms with Gasteiger partial charge in [0.2, 0.25) is 11.8 Å². The molecule has 1 aromatic carbocycles. The molecule has 0 radical (unpaired) electrons. The molecule has 2 aliphatic heterocycles. The van der Waals surface area contributed by atoms with Crippen molar-refractivity contribution in [1.82, 2.24) is 4.90 Å². The van der Waals surface area contributed by atoms with Crippen LogP contribution >= 0.6 is 15.9 Å². The third-order valence-electron chi connectivity index (χ3n) is 5.48. The first-order valence-corrected chi connectivity index (χ1v) is 9.92. The van der Waals surface area contributed by atoms with E-state index in [9.17, 15) is 14.0 Å². The zero-order chi connectivity index (χ0) is 17.6. The maximum Gasteiger partial charge on any atom is 0.231 e. The quantitative estimate of drug-likeness (QED) is 0.750. The average Bonchev–Trinajstić information content (AvgIpc) is 3.45. The summed E-state index contributed by atoms with van der Waals surface area (Å²) in [5, 5.41) is 0. The lowest BCUT2D eigenvalue weighted by Crippen LogP contribution is -2.48. The number of likely N-dealkylation sites (tertiary alicyclic amines) is 1. The number of rotatable bonds is 2. The third-order valence-corrected chi connectivity index (χ3v) is 5.94. The molecular formula is C19H22BrFN2O2. The van der Waals surface area contributed by atoms with Gasteiger partial charge in [-0.3, -0.25) is 9.59 Å².